The third-order valence-corrected chi connectivity index (χ3v) is 3.72. The van der Waals surface area contributed by atoms with Gasteiger partial charge in [-0.25, -0.2) is 0 Å². The smallest absolute Gasteiger partial charge is 0.306 e. The molecule has 0 N–H and O–H groups in total. The molecule has 27 heavy (non-hydrogen) atoms. The maximum atomic E-state index is 12.5. The summed E-state index contributed by atoms with van der Waals surface area (Å²) in [6, 6.07) is 16.5. The third-order valence-electron chi connectivity index (χ3n) is 3.72. The van der Waals surface area contributed by atoms with Crippen molar-refractivity contribution < 1.29 is 19.1 Å². The molecule has 0 radical (unpaired) electrons. The second-order valence-electron chi connectivity index (χ2n) is 7.36. The highest BCUT2D eigenvalue weighted by Gasteiger charge is 2.17. The maximum Gasteiger partial charge on any atom is 0.306 e. The molecule has 0 unspecified atom stereocenters. The number of benzene rings is 2. The number of hydrogen-bond donors (Lipinski definition) is 0. The molecule has 0 atom stereocenters. The number of esters is 1. The van der Waals surface area contributed by atoms with Crippen molar-refractivity contribution in [2.45, 2.75) is 39.2 Å². The lowest BCUT2D eigenvalue weighted by Gasteiger charge is -2.20. The minimum atomic E-state index is -0.484. The van der Waals surface area contributed by atoms with Gasteiger partial charge >= 0.3 is 5.97 Å². The van der Waals surface area contributed by atoms with Crippen LogP contribution in [0.5, 0.6) is 11.5 Å². The van der Waals surface area contributed by atoms with Crippen LogP contribution in [0.15, 0.2) is 54.6 Å². The van der Waals surface area contributed by atoms with Crippen molar-refractivity contribution in [2.75, 3.05) is 13.6 Å². The predicted octanol–water partition coefficient (Wildman–Crippen LogP) is 4.67. The van der Waals surface area contributed by atoms with Gasteiger partial charge in [-0.3, -0.25) is 9.59 Å². The van der Waals surface area contributed by atoms with Crippen LogP contribution in [-0.4, -0.2) is 36.0 Å². The lowest BCUT2D eigenvalue weighted by Crippen LogP contribution is -2.29. The molecule has 0 spiro atoms. The van der Waals surface area contributed by atoms with E-state index < -0.39 is 5.60 Å². The SMILES string of the molecule is CN(CCCC(=O)OC(C)(C)C)C(=O)c1ccc(Oc2ccccc2)cc1. The lowest BCUT2D eigenvalue weighted by atomic mass is 10.1. The molecule has 0 aliphatic carbocycles. The average Bonchev–Trinajstić information content (AvgIpc) is 2.61. The zero-order valence-corrected chi connectivity index (χ0v) is 16.4. The van der Waals surface area contributed by atoms with Crippen LogP contribution in [0.3, 0.4) is 0 Å². The van der Waals surface area contributed by atoms with Crippen LogP contribution < -0.4 is 4.74 Å². The van der Waals surface area contributed by atoms with Gasteiger partial charge < -0.3 is 14.4 Å². The van der Waals surface area contributed by atoms with Gasteiger partial charge in [0.1, 0.15) is 17.1 Å². The van der Waals surface area contributed by atoms with Crippen LogP contribution in [-0.2, 0) is 9.53 Å². The number of para-hydroxylation sites is 1. The van der Waals surface area contributed by atoms with E-state index in [0.29, 0.717) is 30.7 Å². The number of amides is 1. The van der Waals surface area contributed by atoms with Crippen molar-refractivity contribution in [3.05, 3.63) is 60.2 Å². The second kappa shape index (κ2) is 9.21. The molecule has 2 rings (SSSR count). The molecule has 0 fully saturated rings. The van der Waals surface area contributed by atoms with Gasteiger partial charge in [0.05, 0.1) is 0 Å². The molecule has 2 aromatic rings. The van der Waals surface area contributed by atoms with E-state index in [1.54, 1.807) is 36.2 Å². The summed E-state index contributed by atoms with van der Waals surface area (Å²) in [7, 11) is 1.73. The van der Waals surface area contributed by atoms with E-state index in [0.717, 1.165) is 5.75 Å². The fourth-order valence-corrected chi connectivity index (χ4v) is 2.47. The Hall–Kier alpha value is -2.82. The van der Waals surface area contributed by atoms with Crippen LogP contribution >= 0.6 is 0 Å². The van der Waals surface area contributed by atoms with E-state index in [2.05, 4.69) is 0 Å². The Morgan fingerprint density at radius 2 is 1.52 bits per heavy atom. The van der Waals surface area contributed by atoms with Crippen LogP contribution in [0.2, 0.25) is 0 Å². The number of nitrogens with zero attached hydrogens (tertiary/aromatic N) is 1. The molecule has 1 amide bonds. The van der Waals surface area contributed by atoms with Crippen LogP contribution in [0.25, 0.3) is 0 Å². The number of hydrogen-bond acceptors (Lipinski definition) is 4. The first-order chi connectivity index (χ1) is 12.7. The van der Waals surface area contributed by atoms with Gasteiger partial charge in [-0.1, -0.05) is 18.2 Å². The quantitative estimate of drug-likeness (QED) is 0.665. The third kappa shape index (κ3) is 7.13. The summed E-state index contributed by atoms with van der Waals surface area (Å²) in [5.41, 5.74) is 0.0951. The topological polar surface area (TPSA) is 55.8 Å². The van der Waals surface area contributed by atoms with Crippen LogP contribution in [0.1, 0.15) is 44.0 Å². The fraction of sp³-hybridized carbons (Fsp3) is 0.364. The van der Waals surface area contributed by atoms with E-state index in [1.165, 1.54) is 0 Å². The second-order valence-corrected chi connectivity index (χ2v) is 7.36. The van der Waals surface area contributed by atoms with Gasteiger partial charge in [-0.15, -0.1) is 0 Å². The Bertz CT molecular complexity index is 748. The van der Waals surface area contributed by atoms with E-state index in [1.807, 2.05) is 51.1 Å². The number of carbonyl (C=O) groups is 2. The van der Waals surface area contributed by atoms with Gasteiger partial charge in [-0.2, -0.15) is 0 Å². The number of carbonyl (C=O) groups excluding carboxylic acids is 2. The highest BCUT2D eigenvalue weighted by Crippen LogP contribution is 2.21. The molecule has 0 aromatic heterocycles. The molecule has 0 aliphatic heterocycles. The minimum Gasteiger partial charge on any atom is -0.460 e. The van der Waals surface area contributed by atoms with Crippen molar-refractivity contribution in [2.24, 2.45) is 0 Å². The normalized spacial score (nSPS) is 11.0. The Kier molecular flexibility index (Phi) is 6.99. The molecular weight excluding hydrogens is 342 g/mol. The monoisotopic (exact) mass is 369 g/mol. The van der Waals surface area contributed by atoms with Gasteiger partial charge in [-0.05, 0) is 63.6 Å². The van der Waals surface area contributed by atoms with Gasteiger partial charge in [0, 0.05) is 25.6 Å². The molecule has 0 aliphatic rings. The Labute approximate surface area is 160 Å². The Morgan fingerprint density at radius 3 is 2.11 bits per heavy atom. The highest BCUT2D eigenvalue weighted by molar-refractivity contribution is 5.94. The molecule has 2 aromatic carbocycles. The summed E-state index contributed by atoms with van der Waals surface area (Å²) >= 11 is 0. The van der Waals surface area contributed by atoms with Crippen molar-refractivity contribution in [1.29, 1.82) is 0 Å². The molecule has 0 saturated carbocycles. The molecule has 0 heterocycles. The number of rotatable bonds is 7. The van der Waals surface area contributed by atoms with E-state index >= 15 is 0 Å². The van der Waals surface area contributed by atoms with Crippen LogP contribution in [0, 0.1) is 0 Å². The first kappa shape index (κ1) is 20.5. The van der Waals surface area contributed by atoms with E-state index in [9.17, 15) is 9.59 Å². The molecule has 5 heteroatoms. The first-order valence-electron chi connectivity index (χ1n) is 9.05. The fourth-order valence-electron chi connectivity index (χ4n) is 2.47. The minimum absolute atomic E-state index is 0.0922. The molecule has 0 bridgehead atoms. The summed E-state index contributed by atoms with van der Waals surface area (Å²) < 4.78 is 11.0. The van der Waals surface area contributed by atoms with Crippen LogP contribution in [0.4, 0.5) is 0 Å². The van der Waals surface area contributed by atoms with Gasteiger partial charge in [0.25, 0.3) is 5.91 Å². The molecule has 0 saturated heterocycles. The standard InChI is InChI=1S/C22H27NO4/c1-22(2,3)27-20(24)11-8-16-23(4)21(25)17-12-14-19(15-13-17)26-18-9-6-5-7-10-18/h5-7,9-10,12-15H,8,11,16H2,1-4H3. The summed E-state index contributed by atoms with van der Waals surface area (Å²) in [6.45, 7) is 6.00. The van der Waals surface area contributed by atoms with Crippen molar-refractivity contribution in [1.82, 2.24) is 4.90 Å². The van der Waals surface area contributed by atoms with Gasteiger partial charge in [0.15, 0.2) is 0 Å². The van der Waals surface area contributed by atoms with Crippen molar-refractivity contribution in [3.63, 3.8) is 0 Å². The van der Waals surface area contributed by atoms with E-state index in [4.69, 9.17) is 9.47 Å². The summed E-state index contributed by atoms with van der Waals surface area (Å²) in [6.07, 6.45) is 0.852. The Morgan fingerprint density at radius 1 is 0.926 bits per heavy atom. The van der Waals surface area contributed by atoms with Gasteiger partial charge in [0.2, 0.25) is 0 Å². The highest BCUT2D eigenvalue weighted by atomic mass is 16.6. The summed E-state index contributed by atoms with van der Waals surface area (Å²) in [5.74, 6) is 1.08. The predicted molar refractivity (Wildman–Crippen MR) is 105 cm³/mol. The first-order valence-corrected chi connectivity index (χ1v) is 9.05. The zero-order valence-electron chi connectivity index (χ0n) is 16.4. The Balaban J connectivity index is 1.83. The van der Waals surface area contributed by atoms with Crippen molar-refractivity contribution >= 4 is 11.9 Å². The average molecular weight is 369 g/mol. The largest absolute Gasteiger partial charge is 0.460 e. The zero-order chi connectivity index (χ0) is 19.9. The molecule has 5 nitrogen and oxygen atoms in total. The summed E-state index contributed by atoms with van der Waals surface area (Å²) in [4.78, 5) is 25.8. The van der Waals surface area contributed by atoms with Crippen molar-refractivity contribution in [3.8, 4) is 11.5 Å². The molecule has 144 valence electrons. The molecular formula is C22H27NO4. The lowest BCUT2D eigenvalue weighted by molar-refractivity contribution is -0.154. The van der Waals surface area contributed by atoms with E-state index in [-0.39, 0.29) is 11.9 Å². The maximum absolute atomic E-state index is 12.5. The number of ether oxygens (including phenoxy) is 2. The summed E-state index contributed by atoms with van der Waals surface area (Å²) in [5, 5.41) is 0.